The Labute approximate surface area is 176 Å². The van der Waals surface area contributed by atoms with E-state index in [1.807, 2.05) is 0 Å². The van der Waals surface area contributed by atoms with Crippen molar-refractivity contribution in [2.45, 2.75) is 0 Å². The van der Waals surface area contributed by atoms with Crippen molar-refractivity contribution >= 4 is 55.0 Å². The molecule has 1 heterocycles. The maximum Gasteiger partial charge on any atom is 0.365 e. The number of nitrogens with zero attached hydrogens (tertiary/aromatic N) is 6. The number of aromatic nitrogens is 4. The van der Waals surface area contributed by atoms with Gasteiger partial charge in [-0.25, -0.2) is 14.7 Å². The molecule has 0 saturated heterocycles. The van der Waals surface area contributed by atoms with Crippen LogP contribution in [-0.4, -0.2) is 36.1 Å². The molecule has 148 valence electrons. The van der Waals surface area contributed by atoms with Crippen molar-refractivity contribution in [2.75, 3.05) is 0 Å². The first-order valence-corrected chi connectivity index (χ1v) is 8.79. The molecule has 0 bridgehead atoms. The van der Waals surface area contributed by atoms with E-state index in [0.29, 0.717) is 8.95 Å². The Hall–Kier alpha value is -3.55. The first kappa shape index (κ1) is 21.7. The molecule has 1 aromatic heterocycles. The molecule has 0 saturated carbocycles. The number of hydrogen-bond donors (Lipinski definition) is 1. The number of tetrazole rings is 1. The lowest BCUT2D eigenvalue weighted by Gasteiger charge is -2.01. The van der Waals surface area contributed by atoms with Gasteiger partial charge in [-0.3, -0.25) is 20.2 Å². The van der Waals surface area contributed by atoms with E-state index in [-0.39, 0.29) is 22.7 Å². The predicted octanol–water partition coefficient (Wildman–Crippen LogP) is 2.95. The second kappa shape index (κ2) is 9.59. The fourth-order valence-electron chi connectivity index (χ4n) is 1.88. The predicted molar refractivity (Wildman–Crippen MR) is 105 cm³/mol. The van der Waals surface area contributed by atoms with Gasteiger partial charge in [0.25, 0.3) is 11.4 Å². The molecule has 1 N–H and O–H groups in total. The van der Waals surface area contributed by atoms with Crippen LogP contribution in [0, 0.1) is 20.2 Å². The van der Waals surface area contributed by atoms with Crippen LogP contribution in [0.15, 0.2) is 55.1 Å². The molecule has 0 radical (unpaired) electrons. The summed E-state index contributed by atoms with van der Waals surface area (Å²) in [6.07, 6.45) is 1.31. The monoisotopic (exact) mass is 527 g/mol. The molecule has 0 aliphatic carbocycles. The van der Waals surface area contributed by atoms with Gasteiger partial charge in [0, 0.05) is 33.2 Å². The third-order valence-corrected chi connectivity index (χ3v) is 4.49. The van der Waals surface area contributed by atoms with E-state index in [2.05, 4.69) is 52.4 Å². The third-order valence-electron chi connectivity index (χ3n) is 3.15. The van der Waals surface area contributed by atoms with Crippen LogP contribution >= 0.6 is 31.9 Å². The highest BCUT2D eigenvalue weighted by Crippen LogP contribution is 2.29. The molecule has 29 heavy (non-hydrogen) atoms. The molecule has 3 rings (SSSR count). The summed E-state index contributed by atoms with van der Waals surface area (Å²) in [7, 11) is 0. The van der Waals surface area contributed by atoms with Crippen molar-refractivity contribution in [1.29, 1.82) is 0 Å². The number of isocyanates is 1. The fourth-order valence-corrected chi connectivity index (χ4v) is 2.63. The quantitative estimate of drug-likeness (QED) is 0.232. The highest BCUT2D eigenvalue weighted by Gasteiger charge is 2.13. The molecule has 15 heteroatoms. The summed E-state index contributed by atoms with van der Waals surface area (Å²) in [4.78, 5) is 44.2. The van der Waals surface area contributed by atoms with Gasteiger partial charge in [-0.2, -0.15) is 9.67 Å². The summed E-state index contributed by atoms with van der Waals surface area (Å²) in [5.74, 6) is 0. The van der Waals surface area contributed by atoms with E-state index < -0.39 is 15.5 Å². The maximum absolute atomic E-state index is 11.2. The van der Waals surface area contributed by atoms with Crippen LogP contribution in [0.5, 0.6) is 0 Å². The first-order chi connectivity index (χ1) is 13.7. The molecule has 0 fully saturated rings. The minimum absolute atomic E-state index is 0.114. The Balaban J connectivity index is 0.000000212. The van der Waals surface area contributed by atoms with Gasteiger partial charge in [0.2, 0.25) is 6.08 Å². The standard InChI is InChI=1S/C7H4BrN5O3.C7H3BrN2O3/c8-5-2-1-4(13(15)16)3-6(5)12-7(14)9-10-11-12;8-6-2-1-5(10(12)13)3-7(6)9-4-11/h1-3H,(H,9,11,14);1-3H. The van der Waals surface area contributed by atoms with Crippen LogP contribution in [0.3, 0.4) is 0 Å². The molecular formula is C14H7Br2N7O6. The number of non-ortho nitro benzene ring substituents is 2. The van der Waals surface area contributed by atoms with Crippen LogP contribution in [0.4, 0.5) is 17.1 Å². The number of aliphatic imine (C=N–C) groups is 1. The molecule has 0 atom stereocenters. The van der Waals surface area contributed by atoms with Gasteiger partial charge < -0.3 is 0 Å². The normalized spacial score (nSPS) is 9.72. The molecule has 0 spiro atoms. The lowest BCUT2D eigenvalue weighted by Crippen LogP contribution is -2.16. The smallest absolute Gasteiger partial charge is 0.258 e. The zero-order valence-corrected chi connectivity index (χ0v) is 17.0. The van der Waals surface area contributed by atoms with Crippen molar-refractivity contribution in [3.8, 4) is 5.69 Å². The van der Waals surface area contributed by atoms with Crippen molar-refractivity contribution in [1.82, 2.24) is 20.2 Å². The van der Waals surface area contributed by atoms with E-state index in [4.69, 9.17) is 0 Å². The Morgan fingerprint density at radius 2 is 1.62 bits per heavy atom. The van der Waals surface area contributed by atoms with Crippen LogP contribution in [-0.2, 0) is 4.79 Å². The zero-order valence-electron chi connectivity index (χ0n) is 13.9. The zero-order chi connectivity index (χ0) is 21.6. The molecule has 0 aliphatic rings. The molecule has 13 nitrogen and oxygen atoms in total. The van der Waals surface area contributed by atoms with Crippen LogP contribution in [0.2, 0.25) is 0 Å². The summed E-state index contributed by atoms with van der Waals surface area (Å²) in [6.45, 7) is 0. The largest absolute Gasteiger partial charge is 0.365 e. The summed E-state index contributed by atoms with van der Waals surface area (Å²) in [5.41, 5.74) is -0.358. The van der Waals surface area contributed by atoms with Crippen molar-refractivity contribution in [2.24, 2.45) is 4.99 Å². The number of nitrogens with one attached hydrogen (secondary N) is 1. The number of rotatable bonds is 4. The van der Waals surface area contributed by atoms with Gasteiger partial charge in [0.15, 0.2) is 0 Å². The first-order valence-electron chi connectivity index (χ1n) is 7.21. The van der Waals surface area contributed by atoms with Gasteiger partial charge >= 0.3 is 5.69 Å². The van der Waals surface area contributed by atoms with E-state index in [1.54, 1.807) is 0 Å². The van der Waals surface area contributed by atoms with Crippen LogP contribution < -0.4 is 5.69 Å². The van der Waals surface area contributed by atoms with Crippen molar-refractivity contribution in [3.05, 3.63) is 76.1 Å². The molecule has 3 aromatic rings. The average molecular weight is 529 g/mol. The summed E-state index contributed by atoms with van der Waals surface area (Å²) in [5, 5.41) is 29.8. The van der Waals surface area contributed by atoms with Gasteiger partial charge in [-0.05, 0) is 54.4 Å². The number of aromatic amines is 1. The van der Waals surface area contributed by atoms with Gasteiger partial charge in [-0.15, -0.1) is 0 Å². The fraction of sp³-hybridized carbons (Fsp3) is 0. The summed E-state index contributed by atoms with van der Waals surface area (Å²) in [6, 6.07) is 7.97. The van der Waals surface area contributed by atoms with Gasteiger partial charge in [0.05, 0.1) is 21.2 Å². The second-order valence-electron chi connectivity index (χ2n) is 4.91. The van der Waals surface area contributed by atoms with Crippen LogP contribution in [0.25, 0.3) is 5.69 Å². The van der Waals surface area contributed by atoms with Crippen molar-refractivity contribution in [3.63, 3.8) is 0 Å². The third kappa shape index (κ3) is 5.47. The highest BCUT2D eigenvalue weighted by atomic mass is 79.9. The summed E-state index contributed by atoms with van der Waals surface area (Å²) < 4.78 is 1.95. The number of nitro benzene ring substituents is 2. The highest BCUT2D eigenvalue weighted by molar-refractivity contribution is 9.11. The van der Waals surface area contributed by atoms with E-state index >= 15 is 0 Å². The number of H-pyrrole nitrogens is 1. The molecular weight excluding hydrogens is 522 g/mol. The molecule has 0 unspecified atom stereocenters. The Morgan fingerprint density at radius 1 is 1.03 bits per heavy atom. The summed E-state index contributed by atoms with van der Waals surface area (Å²) >= 11 is 6.26. The number of hydrogen-bond acceptors (Lipinski definition) is 9. The Kier molecular flexibility index (Phi) is 7.19. The van der Waals surface area contributed by atoms with Gasteiger partial charge in [-0.1, -0.05) is 0 Å². The number of benzene rings is 2. The second-order valence-corrected chi connectivity index (χ2v) is 6.62. The number of nitro groups is 2. The van der Waals surface area contributed by atoms with E-state index in [0.717, 1.165) is 4.68 Å². The maximum atomic E-state index is 11.2. The van der Waals surface area contributed by atoms with Crippen molar-refractivity contribution < 1.29 is 14.6 Å². The number of halogens is 2. The Morgan fingerprint density at radius 3 is 2.14 bits per heavy atom. The van der Waals surface area contributed by atoms with Crippen LogP contribution in [0.1, 0.15) is 0 Å². The molecule has 2 aromatic carbocycles. The lowest BCUT2D eigenvalue weighted by molar-refractivity contribution is -0.385. The SMILES string of the molecule is O=C=Nc1cc([N+](=O)[O-])ccc1Br.O=c1[nH]nnn1-c1cc([N+](=O)[O-])ccc1Br. The number of carbonyl (C=O) groups excluding carboxylic acids is 1. The Bertz CT molecular complexity index is 1190. The van der Waals surface area contributed by atoms with E-state index in [9.17, 15) is 29.8 Å². The average Bonchev–Trinajstić information content (AvgIpc) is 3.10. The van der Waals surface area contributed by atoms with Gasteiger partial charge in [0.1, 0.15) is 0 Å². The van der Waals surface area contributed by atoms with E-state index in [1.165, 1.54) is 42.5 Å². The minimum atomic E-state index is -0.568. The molecule has 0 aliphatic heterocycles. The lowest BCUT2D eigenvalue weighted by atomic mass is 10.3. The minimum Gasteiger partial charge on any atom is -0.258 e. The molecule has 0 amide bonds. The topological polar surface area (TPSA) is 179 Å².